The Kier molecular flexibility index (Phi) is 10.3. The van der Waals surface area contributed by atoms with Crippen molar-refractivity contribution < 1.29 is 23.7 Å². The Morgan fingerprint density at radius 3 is 2.16 bits per heavy atom. The zero-order valence-corrected chi connectivity index (χ0v) is 25.2. The fraction of sp³-hybridized carbons (Fsp3) is 0.312. The molecule has 0 radical (unpaired) electrons. The summed E-state index contributed by atoms with van der Waals surface area (Å²) in [4.78, 5) is 29.8. The molecule has 12 nitrogen and oxygen atoms in total. The number of aromatic nitrogens is 3. The summed E-state index contributed by atoms with van der Waals surface area (Å²) < 4.78 is 21.9. The minimum absolute atomic E-state index is 0.0184. The van der Waals surface area contributed by atoms with Crippen molar-refractivity contribution in [3.05, 3.63) is 78.4 Å². The number of rotatable bonds is 12. The van der Waals surface area contributed by atoms with Crippen LogP contribution < -0.4 is 34.5 Å². The van der Waals surface area contributed by atoms with E-state index in [-0.39, 0.29) is 24.1 Å². The Morgan fingerprint density at radius 2 is 1.48 bits per heavy atom. The van der Waals surface area contributed by atoms with Crippen molar-refractivity contribution in [1.29, 1.82) is 0 Å². The topological polar surface area (TPSA) is 123 Å². The van der Waals surface area contributed by atoms with E-state index < -0.39 is 0 Å². The maximum atomic E-state index is 12.9. The summed E-state index contributed by atoms with van der Waals surface area (Å²) in [6.07, 6.45) is 0.892. The average Bonchev–Trinajstić information content (AvgIpc) is 3.06. The van der Waals surface area contributed by atoms with Gasteiger partial charge in [-0.05, 0) is 61.4 Å². The van der Waals surface area contributed by atoms with Crippen molar-refractivity contribution in [2.24, 2.45) is 0 Å². The van der Waals surface area contributed by atoms with Crippen LogP contribution in [0.1, 0.15) is 12.0 Å². The summed E-state index contributed by atoms with van der Waals surface area (Å²) in [5, 5.41) is 5.79. The lowest BCUT2D eigenvalue weighted by Crippen LogP contribution is -2.46. The molecule has 1 fully saturated rings. The fourth-order valence-corrected chi connectivity index (χ4v) is 4.80. The molecule has 1 aliphatic heterocycles. The minimum atomic E-state index is -0.388. The molecule has 5 rings (SSSR count). The SMILES string of the molecule is COc1nc(OC)nc(Oc2ccc(NC(=O)Nc3c(C)cccc3OCCCN3CCN(c4ccccc4)CC3)cc2)n1. The van der Waals surface area contributed by atoms with E-state index in [0.717, 1.165) is 44.7 Å². The first-order valence-electron chi connectivity index (χ1n) is 14.5. The predicted molar refractivity (Wildman–Crippen MR) is 168 cm³/mol. The number of nitrogens with zero attached hydrogens (tertiary/aromatic N) is 5. The molecule has 2 heterocycles. The van der Waals surface area contributed by atoms with Crippen LogP contribution in [-0.2, 0) is 0 Å². The lowest BCUT2D eigenvalue weighted by Gasteiger charge is -2.36. The second-order valence-corrected chi connectivity index (χ2v) is 10.1. The molecule has 2 N–H and O–H groups in total. The Hall–Kier alpha value is -5.10. The first kappa shape index (κ1) is 30.4. The van der Waals surface area contributed by atoms with Crippen molar-refractivity contribution in [3.63, 3.8) is 0 Å². The molecule has 1 aliphatic rings. The zero-order chi connectivity index (χ0) is 30.7. The third-order valence-electron chi connectivity index (χ3n) is 7.10. The van der Waals surface area contributed by atoms with E-state index in [9.17, 15) is 4.79 Å². The Balaban J connectivity index is 1.09. The van der Waals surface area contributed by atoms with Gasteiger partial charge in [0.25, 0.3) is 0 Å². The number of urea groups is 1. The van der Waals surface area contributed by atoms with Crippen LogP contribution >= 0.6 is 0 Å². The number of carbonyl (C=O) groups excluding carboxylic acids is 1. The highest BCUT2D eigenvalue weighted by molar-refractivity contribution is 6.01. The molecule has 1 saturated heterocycles. The predicted octanol–water partition coefficient (Wildman–Crippen LogP) is 5.22. The van der Waals surface area contributed by atoms with Crippen molar-refractivity contribution in [2.75, 3.05) is 69.1 Å². The maximum absolute atomic E-state index is 12.9. The number of hydrogen-bond donors (Lipinski definition) is 2. The normalized spacial score (nSPS) is 13.2. The Morgan fingerprint density at radius 1 is 0.795 bits per heavy atom. The highest BCUT2D eigenvalue weighted by atomic mass is 16.5. The van der Waals surface area contributed by atoms with Crippen LogP contribution in [0.3, 0.4) is 0 Å². The van der Waals surface area contributed by atoms with Crippen LogP contribution in [0.2, 0.25) is 0 Å². The number of para-hydroxylation sites is 2. The largest absolute Gasteiger partial charge is 0.491 e. The molecule has 2 amide bonds. The average molecular weight is 600 g/mol. The molecule has 0 atom stereocenters. The van der Waals surface area contributed by atoms with Crippen LogP contribution in [0.25, 0.3) is 0 Å². The molecule has 0 bridgehead atoms. The van der Waals surface area contributed by atoms with Gasteiger partial charge in [-0.15, -0.1) is 15.0 Å². The van der Waals surface area contributed by atoms with E-state index in [4.69, 9.17) is 18.9 Å². The number of piperazine rings is 1. The van der Waals surface area contributed by atoms with E-state index in [0.29, 0.717) is 29.5 Å². The summed E-state index contributed by atoms with van der Waals surface area (Å²) in [6, 6.07) is 22.8. The number of anilines is 3. The third-order valence-corrected chi connectivity index (χ3v) is 7.10. The molecule has 0 aliphatic carbocycles. The molecule has 230 valence electrons. The molecule has 3 aromatic carbocycles. The second kappa shape index (κ2) is 14.9. The molecular formula is C32H37N7O5. The van der Waals surface area contributed by atoms with Crippen molar-refractivity contribution in [2.45, 2.75) is 13.3 Å². The third kappa shape index (κ3) is 8.26. The van der Waals surface area contributed by atoms with Gasteiger partial charge in [-0.3, -0.25) is 4.90 Å². The molecule has 12 heteroatoms. The number of nitrogens with one attached hydrogen (secondary N) is 2. The zero-order valence-electron chi connectivity index (χ0n) is 25.2. The molecule has 0 spiro atoms. The van der Waals surface area contributed by atoms with E-state index in [1.54, 1.807) is 24.3 Å². The van der Waals surface area contributed by atoms with Crippen LogP contribution in [0.5, 0.6) is 29.5 Å². The lowest BCUT2D eigenvalue weighted by atomic mass is 10.2. The Bertz CT molecular complexity index is 1490. The molecule has 44 heavy (non-hydrogen) atoms. The van der Waals surface area contributed by atoms with Crippen LogP contribution in [-0.4, -0.2) is 79.4 Å². The van der Waals surface area contributed by atoms with Crippen molar-refractivity contribution in [1.82, 2.24) is 19.9 Å². The highest BCUT2D eigenvalue weighted by Crippen LogP contribution is 2.29. The van der Waals surface area contributed by atoms with Crippen molar-refractivity contribution in [3.8, 4) is 29.5 Å². The number of benzene rings is 3. The van der Waals surface area contributed by atoms with Gasteiger partial charge in [0.15, 0.2) is 0 Å². The van der Waals surface area contributed by atoms with E-state index in [1.165, 1.54) is 19.9 Å². The number of methoxy groups -OCH3 is 2. The number of ether oxygens (including phenoxy) is 4. The second-order valence-electron chi connectivity index (χ2n) is 10.1. The van der Waals surface area contributed by atoms with E-state index >= 15 is 0 Å². The standard InChI is InChI=1S/C32H37N7O5/c1-23-9-7-12-27(43-22-8-17-38-18-20-39(21-19-38)25-10-5-4-6-11-25)28(23)34-29(40)33-24-13-15-26(16-14-24)44-32-36-30(41-2)35-31(37-32)42-3/h4-7,9-16H,8,17-22H2,1-3H3,(H2,33,34,40). The summed E-state index contributed by atoms with van der Waals surface area (Å²) >= 11 is 0. The van der Waals surface area contributed by atoms with Crippen LogP contribution in [0, 0.1) is 6.92 Å². The molecule has 0 unspecified atom stereocenters. The monoisotopic (exact) mass is 599 g/mol. The molecule has 4 aromatic rings. The van der Waals surface area contributed by atoms with Gasteiger partial charge in [0.2, 0.25) is 0 Å². The van der Waals surface area contributed by atoms with Gasteiger partial charge in [0.05, 0.1) is 26.5 Å². The highest BCUT2D eigenvalue weighted by Gasteiger charge is 2.17. The fourth-order valence-electron chi connectivity index (χ4n) is 4.80. The summed E-state index contributed by atoms with van der Waals surface area (Å²) in [5.41, 5.74) is 3.40. The Labute approximate surface area is 257 Å². The molecule has 1 aromatic heterocycles. The summed E-state index contributed by atoms with van der Waals surface area (Å²) in [7, 11) is 2.87. The van der Waals surface area contributed by atoms with Gasteiger partial charge in [-0.25, -0.2) is 4.79 Å². The molecular weight excluding hydrogens is 562 g/mol. The van der Waals surface area contributed by atoms with Gasteiger partial charge in [-0.2, -0.15) is 0 Å². The van der Waals surface area contributed by atoms with Crippen molar-refractivity contribution >= 4 is 23.1 Å². The summed E-state index contributed by atoms with van der Waals surface area (Å²) in [6.45, 7) is 7.55. The van der Waals surface area contributed by atoms with Gasteiger partial charge >= 0.3 is 24.1 Å². The van der Waals surface area contributed by atoms with Crippen LogP contribution in [0.15, 0.2) is 72.8 Å². The van der Waals surface area contributed by atoms with Gasteiger partial charge < -0.3 is 34.5 Å². The maximum Gasteiger partial charge on any atom is 0.331 e. The number of amides is 2. The van der Waals surface area contributed by atoms with Crippen LogP contribution in [0.4, 0.5) is 21.9 Å². The number of hydrogen-bond acceptors (Lipinski definition) is 10. The van der Waals surface area contributed by atoms with Gasteiger partial charge in [0, 0.05) is 44.1 Å². The lowest BCUT2D eigenvalue weighted by molar-refractivity contribution is 0.225. The van der Waals surface area contributed by atoms with E-state index in [1.807, 2.05) is 25.1 Å². The minimum Gasteiger partial charge on any atom is -0.491 e. The first-order valence-corrected chi connectivity index (χ1v) is 14.5. The quantitative estimate of drug-likeness (QED) is 0.209. The van der Waals surface area contributed by atoms with Gasteiger partial charge in [0.1, 0.15) is 11.5 Å². The number of aryl methyl sites for hydroxylation is 1. The van der Waals surface area contributed by atoms with Gasteiger partial charge in [-0.1, -0.05) is 30.3 Å². The summed E-state index contributed by atoms with van der Waals surface area (Å²) in [5.74, 6) is 1.10. The molecule has 0 saturated carbocycles. The first-order chi connectivity index (χ1) is 21.5. The van der Waals surface area contributed by atoms with E-state index in [2.05, 4.69) is 65.7 Å². The number of carbonyl (C=O) groups is 1. The smallest absolute Gasteiger partial charge is 0.331 e.